The highest BCUT2D eigenvalue weighted by Gasteiger charge is 2.39. The minimum absolute atomic E-state index is 0.0741. The number of ether oxygens (including phenoxy) is 2. The van der Waals surface area contributed by atoms with E-state index in [0.29, 0.717) is 57.3 Å². The van der Waals surface area contributed by atoms with Crippen LogP contribution in [0, 0.1) is 0 Å². The smallest absolute Gasteiger partial charge is 0.416 e. The van der Waals surface area contributed by atoms with Crippen LogP contribution >= 0.6 is 0 Å². The molecule has 0 spiro atoms. The minimum atomic E-state index is -0.682. The van der Waals surface area contributed by atoms with Crippen molar-refractivity contribution < 1.29 is 23.9 Å². The van der Waals surface area contributed by atoms with E-state index in [9.17, 15) is 14.4 Å². The van der Waals surface area contributed by atoms with Gasteiger partial charge >= 0.3 is 12.2 Å². The fourth-order valence-electron chi connectivity index (χ4n) is 5.58. The topological polar surface area (TPSA) is 113 Å². The Labute approximate surface area is 259 Å². The Morgan fingerprint density at radius 1 is 1.07 bits per heavy atom. The summed E-state index contributed by atoms with van der Waals surface area (Å²) in [5, 5.41) is 4.68. The largest absolute Gasteiger partial charge is 0.443 e. The average molecular weight is 610 g/mol. The Bertz CT molecular complexity index is 1390. The first-order valence-corrected chi connectivity index (χ1v) is 15.8. The summed E-state index contributed by atoms with van der Waals surface area (Å²) in [4.78, 5) is 51.2. The van der Waals surface area contributed by atoms with Crippen molar-refractivity contribution in [1.82, 2.24) is 29.3 Å². The lowest BCUT2D eigenvalue weighted by molar-refractivity contribution is -0.136. The molecule has 2 aliphatic heterocycles. The van der Waals surface area contributed by atoms with Crippen LogP contribution in [0.3, 0.4) is 0 Å². The molecule has 240 valence electrons. The van der Waals surface area contributed by atoms with Crippen LogP contribution in [0.25, 0.3) is 5.65 Å². The zero-order valence-electron chi connectivity index (χ0n) is 27.2. The molecule has 2 saturated heterocycles. The molecular formula is C32H47N7O5. The predicted octanol–water partition coefficient (Wildman–Crippen LogP) is 4.40. The molecule has 44 heavy (non-hydrogen) atoms. The summed E-state index contributed by atoms with van der Waals surface area (Å²) in [6.45, 7) is 12.2. The second-order valence-electron chi connectivity index (χ2n) is 13.8. The summed E-state index contributed by atoms with van der Waals surface area (Å²) >= 11 is 0. The quantitative estimate of drug-likeness (QED) is 0.405. The van der Waals surface area contributed by atoms with Gasteiger partial charge in [-0.25, -0.2) is 14.6 Å². The number of piperidine rings is 1. The van der Waals surface area contributed by atoms with E-state index in [2.05, 4.69) is 18.9 Å². The van der Waals surface area contributed by atoms with Crippen LogP contribution in [0.5, 0.6) is 0 Å². The molecule has 0 unspecified atom stereocenters. The van der Waals surface area contributed by atoms with Gasteiger partial charge in [-0.3, -0.25) is 9.69 Å². The first-order valence-electron chi connectivity index (χ1n) is 15.8. The van der Waals surface area contributed by atoms with Crippen molar-refractivity contribution in [2.75, 3.05) is 51.7 Å². The van der Waals surface area contributed by atoms with Crippen molar-refractivity contribution in [3.05, 3.63) is 35.7 Å². The van der Waals surface area contributed by atoms with Gasteiger partial charge < -0.3 is 24.2 Å². The number of carbonyl (C=O) groups excluding carboxylic acids is 3. The van der Waals surface area contributed by atoms with Crippen LogP contribution < -0.4 is 4.90 Å². The third-order valence-corrected chi connectivity index (χ3v) is 8.20. The van der Waals surface area contributed by atoms with E-state index in [4.69, 9.17) is 14.5 Å². The highest BCUT2D eigenvalue weighted by Crippen LogP contribution is 2.41. The van der Waals surface area contributed by atoms with Crippen molar-refractivity contribution in [2.24, 2.45) is 0 Å². The number of hydrogen-bond donors (Lipinski definition) is 0. The van der Waals surface area contributed by atoms with Gasteiger partial charge in [-0.2, -0.15) is 9.61 Å². The third kappa shape index (κ3) is 7.34. The maximum absolute atomic E-state index is 13.8. The first kappa shape index (κ1) is 31.7. The SMILES string of the molecule is CC(C)c1cnn2c(N(C(=O)OC(C)(C)C)C3CCN(C(=O)OC4CN(C(=O)/C=C/CN(C)C)C4)CC3)cc(C3CC3)nc12. The maximum atomic E-state index is 13.8. The average Bonchev–Trinajstić information content (AvgIpc) is 3.68. The zero-order valence-corrected chi connectivity index (χ0v) is 27.2. The second-order valence-corrected chi connectivity index (χ2v) is 13.8. The van der Waals surface area contributed by atoms with Crippen LogP contribution in [-0.2, 0) is 14.3 Å². The molecule has 3 amide bonds. The Morgan fingerprint density at radius 3 is 2.34 bits per heavy atom. The summed E-state index contributed by atoms with van der Waals surface area (Å²) in [6.07, 6.45) is 7.38. The van der Waals surface area contributed by atoms with Gasteiger partial charge in [0.15, 0.2) is 5.65 Å². The van der Waals surface area contributed by atoms with E-state index in [0.717, 1.165) is 29.7 Å². The number of fused-ring (bicyclic) bond motifs is 1. The number of amides is 3. The van der Waals surface area contributed by atoms with E-state index in [1.54, 1.807) is 25.3 Å². The van der Waals surface area contributed by atoms with Gasteiger partial charge in [-0.1, -0.05) is 19.9 Å². The molecule has 0 N–H and O–H groups in total. The molecule has 0 bridgehead atoms. The highest BCUT2D eigenvalue weighted by molar-refractivity contribution is 5.89. The Morgan fingerprint density at radius 2 is 1.75 bits per heavy atom. The van der Waals surface area contributed by atoms with Crippen LogP contribution in [0.2, 0.25) is 0 Å². The third-order valence-electron chi connectivity index (χ3n) is 8.20. The summed E-state index contributed by atoms with van der Waals surface area (Å²) in [6, 6.07) is 1.79. The number of nitrogens with zero attached hydrogens (tertiary/aromatic N) is 7. The Hall–Kier alpha value is -3.67. The molecule has 0 radical (unpaired) electrons. The number of anilines is 1. The number of aromatic nitrogens is 3. The molecule has 1 saturated carbocycles. The van der Waals surface area contributed by atoms with Crippen molar-refractivity contribution in [2.45, 2.75) is 89.9 Å². The molecule has 0 aromatic carbocycles. The van der Waals surface area contributed by atoms with Crippen LogP contribution in [-0.4, -0.2) is 112 Å². The van der Waals surface area contributed by atoms with Gasteiger partial charge in [0.2, 0.25) is 5.91 Å². The summed E-state index contributed by atoms with van der Waals surface area (Å²) in [7, 11) is 3.88. The summed E-state index contributed by atoms with van der Waals surface area (Å²) in [5.41, 5.74) is 2.11. The number of likely N-dealkylation sites (N-methyl/N-ethyl adjacent to an activating group) is 1. The molecule has 12 heteroatoms. The van der Waals surface area contributed by atoms with Crippen LogP contribution in [0.1, 0.15) is 83.4 Å². The van der Waals surface area contributed by atoms with E-state index < -0.39 is 11.7 Å². The number of carbonyl (C=O) groups is 3. The molecule has 12 nitrogen and oxygen atoms in total. The molecule has 1 aliphatic carbocycles. The van der Waals surface area contributed by atoms with Gasteiger partial charge in [0.1, 0.15) is 17.5 Å². The fourth-order valence-corrected chi connectivity index (χ4v) is 5.58. The summed E-state index contributed by atoms with van der Waals surface area (Å²) < 4.78 is 13.4. The molecule has 0 atom stereocenters. The van der Waals surface area contributed by atoms with Gasteiger partial charge in [0.25, 0.3) is 0 Å². The van der Waals surface area contributed by atoms with Gasteiger partial charge in [0, 0.05) is 55.0 Å². The standard InChI is InChI=1S/C32H47N7O5/c1-21(2)25-18-33-39-27(17-26(22-10-11-22)34-29(25)39)38(31(42)44-32(3,4)5)23-12-15-36(16-13-23)30(41)43-24-19-37(20-24)28(40)9-8-14-35(6)7/h8-9,17-18,21-24H,10-16,19-20H2,1-7H3/b9-8+. The lowest BCUT2D eigenvalue weighted by atomic mass is 10.0. The number of hydrogen-bond acceptors (Lipinski definition) is 8. The van der Waals surface area contributed by atoms with Gasteiger partial charge in [0.05, 0.1) is 19.3 Å². The van der Waals surface area contributed by atoms with E-state index in [1.165, 1.54) is 0 Å². The molecule has 3 aliphatic rings. The van der Waals surface area contributed by atoms with Crippen molar-refractivity contribution in [3.63, 3.8) is 0 Å². The van der Waals surface area contributed by atoms with Crippen molar-refractivity contribution in [3.8, 4) is 0 Å². The van der Waals surface area contributed by atoms with E-state index in [-0.39, 0.29) is 30.1 Å². The minimum Gasteiger partial charge on any atom is -0.443 e. The number of likely N-dealkylation sites (tertiary alicyclic amines) is 2. The molecule has 3 fully saturated rings. The number of rotatable bonds is 8. The maximum Gasteiger partial charge on any atom is 0.416 e. The van der Waals surface area contributed by atoms with Gasteiger partial charge in [-0.15, -0.1) is 0 Å². The molecular weight excluding hydrogens is 562 g/mol. The van der Waals surface area contributed by atoms with E-state index >= 15 is 0 Å². The van der Waals surface area contributed by atoms with Crippen LogP contribution in [0.15, 0.2) is 24.4 Å². The molecule has 4 heterocycles. The fraction of sp³-hybridized carbons (Fsp3) is 0.656. The normalized spacial score (nSPS) is 18.4. The van der Waals surface area contributed by atoms with Crippen molar-refractivity contribution >= 4 is 29.6 Å². The molecule has 2 aromatic heterocycles. The predicted molar refractivity (Wildman–Crippen MR) is 167 cm³/mol. The lowest BCUT2D eigenvalue weighted by Crippen LogP contribution is -2.57. The Balaban J connectivity index is 1.27. The molecule has 5 rings (SSSR count). The Kier molecular flexibility index (Phi) is 9.20. The van der Waals surface area contributed by atoms with Crippen molar-refractivity contribution in [1.29, 1.82) is 0 Å². The highest BCUT2D eigenvalue weighted by atomic mass is 16.6. The zero-order chi connectivity index (χ0) is 31.8. The summed E-state index contributed by atoms with van der Waals surface area (Å²) in [5.74, 6) is 1.19. The monoisotopic (exact) mass is 609 g/mol. The lowest BCUT2D eigenvalue weighted by Gasteiger charge is -2.41. The van der Waals surface area contributed by atoms with Gasteiger partial charge in [-0.05, 0) is 66.5 Å². The van der Waals surface area contributed by atoms with Crippen LogP contribution in [0.4, 0.5) is 15.4 Å². The second kappa shape index (κ2) is 12.7. The first-order chi connectivity index (χ1) is 20.8. The van der Waals surface area contributed by atoms with E-state index in [1.807, 2.05) is 58.1 Å². The molecule has 2 aromatic rings.